The minimum atomic E-state index is -1.28. The van der Waals surface area contributed by atoms with Crippen molar-refractivity contribution in [2.75, 3.05) is 35.8 Å². The fraction of sp³-hybridized carbons (Fsp3) is 0.542. The highest BCUT2D eigenvalue weighted by molar-refractivity contribution is 7.99. The number of thioether (sulfide) groups is 1. The van der Waals surface area contributed by atoms with Crippen LogP contribution in [0.5, 0.6) is 0 Å². The average molecular weight is 554 g/mol. The predicted molar refractivity (Wildman–Crippen MR) is 136 cm³/mol. The zero-order chi connectivity index (χ0) is 27.8. The molecule has 11 nitrogen and oxygen atoms in total. The van der Waals surface area contributed by atoms with Gasteiger partial charge in [-0.05, 0) is 45.1 Å². The number of rotatable bonds is 8. The lowest BCUT2D eigenvalue weighted by molar-refractivity contribution is -0.136. The highest BCUT2D eigenvalue weighted by atomic mass is 32.2. The third kappa shape index (κ3) is 4.70. The monoisotopic (exact) mass is 553 g/mol. The summed E-state index contributed by atoms with van der Waals surface area (Å²) >= 11 is 1.24. The van der Waals surface area contributed by atoms with Gasteiger partial charge in [0.05, 0.1) is 40.0 Å². The minimum Gasteiger partial charge on any atom is -0.372 e. The van der Waals surface area contributed by atoms with Gasteiger partial charge >= 0.3 is 6.03 Å². The first kappa shape index (κ1) is 27.8. The Bertz CT molecular complexity index is 1260. The van der Waals surface area contributed by atoms with Gasteiger partial charge in [0, 0.05) is 13.1 Å². The molecule has 206 valence electrons. The first-order valence-corrected chi connectivity index (χ1v) is 13.3. The number of carbonyl (C=O) groups is 4. The van der Waals surface area contributed by atoms with Crippen LogP contribution in [0.1, 0.15) is 26.3 Å². The number of hydrogen-bond acceptors (Lipinski definition) is 9. The van der Waals surface area contributed by atoms with Crippen molar-refractivity contribution in [2.45, 2.75) is 50.7 Å². The number of hydrogen-bond donors (Lipinski definition) is 2. The molecule has 1 aromatic carbocycles. The molecule has 2 aromatic rings. The van der Waals surface area contributed by atoms with Crippen LogP contribution in [-0.4, -0.2) is 79.4 Å². The summed E-state index contributed by atoms with van der Waals surface area (Å²) in [4.78, 5) is 50.9. The molecule has 1 saturated heterocycles. The van der Waals surface area contributed by atoms with Gasteiger partial charge in [-0.1, -0.05) is 5.16 Å². The van der Waals surface area contributed by atoms with Crippen LogP contribution in [-0.2, 0) is 25.5 Å². The number of morpholine rings is 1. The van der Waals surface area contributed by atoms with Crippen LogP contribution in [0.3, 0.4) is 0 Å². The summed E-state index contributed by atoms with van der Waals surface area (Å²) in [5, 5.41) is 7.67. The second kappa shape index (κ2) is 10.8. The Kier molecular flexibility index (Phi) is 7.93. The highest BCUT2D eigenvalue weighted by Gasteiger charge is 2.54. The Balaban J connectivity index is 1.84. The number of aromatic nitrogens is 1. The number of benzene rings is 1. The molecule has 38 heavy (non-hydrogen) atoms. The van der Waals surface area contributed by atoms with E-state index in [1.807, 2.05) is 12.2 Å². The van der Waals surface area contributed by atoms with E-state index in [0.717, 1.165) is 0 Å². The summed E-state index contributed by atoms with van der Waals surface area (Å²) in [7, 11) is 0. The van der Waals surface area contributed by atoms with Crippen LogP contribution in [0.2, 0.25) is 0 Å². The fourth-order valence-electron chi connectivity index (χ4n) is 5.58. The van der Waals surface area contributed by atoms with Crippen molar-refractivity contribution < 1.29 is 37.2 Å². The fourth-order valence-corrected chi connectivity index (χ4v) is 6.01. The third-order valence-corrected chi connectivity index (χ3v) is 8.10. The summed E-state index contributed by atoms with van der Waals surface area (Å²) in [6, 6.07) is -0.0393. The Morgan fingerprint density at radius 2 is 2.13 bits per heavy atom. The van der Waals surface area contributed by atoms with Crippen molar-refractivity contribution in [1.29, 1.82) is 0 Å². The summed E-state index contributed by atoms with van der Waals surface area (Å²) in [6.07, 6.45) is 1.54. The molecular weight excluding hydrogens is 524 g/mol. The van der Waals surface area contributed by atoms with Gasteiger partial charge in [0.1, 0.15) is 6.67 Å². The lowest BCUT2D eigenvalue weighted by atomic mass is 9.69. The molecule has 2 aliphatic heterocycles. The summed E-state index contributed by atoms with van der Waals surface area (Å²) in [6.45, 7) is 4.81. The molecule has 0 spiro atoms. The van der Waals surface area contributed by atoms with Crippen molar-refractivity contribution in [3.8, 4) is 0 Å². The number of ether oxygens (including phenoxy) is 1. The van der Waals surface area contributed by atoms with E-state index >= 15 is 4.39 Å². The molecule has 0 saturated carbocycles. The summed E-state index contributed by atoms with van der Waals surface area (Å²) in [5.41, 5.74) is -0.802. The Morgan fingerprint density at radius 1 is 1.39 bits per heavy atom. The largest absolute Gasteiger partial charge is 0.372 e. The van der Waals surface area contributed by atoms with E-state index in [1.54, 1.807) is 31.1 Å². The Morgan fingerprint density at radius 3 is 2.76 bits per heavy atom. The van der Waals surface area contributed by atoms with E-state index in [-0.39, 0.29) is 54.5 Å². The van der Waals surface area contributed by atoms with Gasteiger partial charge in [0.25, 0.3) is 0 Å². The third-order valence-electron chi connectivity index (χ3n) is 7.16. The number of fused-ring (bicyclic) bond motifs is 4. The summed E-state index contributed by atoms with van der Waals surface area (Å²) < 4.78 is 40.8. The van der Waals surface area contributed by atoms with Gasteiger partial charge in [-0.3, -0.25) is 29.9 Å². The quantitative estimate of drug-likeness (QED) is 0.472. The first-order valence-electron chi connectivity index (χ1n) is 12.0. The van der Waals surface area contributed by atoms with Crippen molar-refractivity contribution >= 4 is 59.0 Å². The van der Waals surface area contributed by atoms with Gasteiger partial charge in [0.15, 0.2) is 11.6 Å². The number of halogens is 2. The van der Waals surface area contributed by atoms with Crippen LogP contribution >= 0.6 is 11.8 Å². The summed E-state index contributed by atoms with van der Waals surface area (Å²) in [5.74, 6) is -1.35. The van der Waals surface area contributed by atoms with E-state index in [2.05, 4.69) is 10.5 Å². The highest BCUT2D eigenvalue weighted by Crippen LogP contribution is 2.48. The molecular formula is C24H29F2N5O6S. The zero-order valence-corrected chi connectivity index (χ0v) is 22.1. The lowest BCUT2D eigenvalue weighted by Gasteiger charge is -2.54. The number of nitrogens with zero attached hydrogens (tertiary/aromatic N) is 3. The van der Waals surface area contributed by atoms with E-state index < -0.39 is 47.2 Å². The van der Waals surface area contributed by atoms with Crippen LogP contribution < -0.4 is 20.4 Å². The molecule has 1 aromatic heterocycles. The minimum absolute atomic E-state index is 0.00225. The van der Waals surface area contributed by atoms with Gasteiger partial charge in [0.2, 0.25) is 24.3 Å². The molecule has 0 aliphatic carbocycles. The number of nitrogens with one attached hydrogen (secondary N) is 2. The molecule has 4 rings (SSSR count). The van der Waals surface area contributed by atoms with Gasteiger partial charge in [-0.25, -0.2) is 13.6 Å². The number of carbonyl (C=O) groups excluding carboxylic acids is 4. The topological polar surface area (TPSA) is 134 Å². The van der Waals surface area contributed by atoms with Crippen LogP contribution in [0, 0.1) is 11.2 Å². The molecule has 14 heteroatoms. The molecule has 1 fully saturated rings. The maximum atomic E-state index is 16.1. The van der Waals surface area contributed by atoms with E-state index in [0.29, 0.717) is 12.0 Å². The second-order valence-electron chi connectivity index (χ2n) is 9.74. The number of urea groups is 1. The molecule has 5 atom stereocenters. The van der Waals surface area contributed by atoms with Crippen molar-refractivity contribution in [3.63, 3.8) is 0 Å². The van der Waals surface area contributed by atoms with Crippen molar-refractivity contribution in [3.05, 3.63) is 17.4 Å². The molecule has 0 bridgehead atoms. The number of alkyl halides is 1. The van der Waals surface area contributed by atoms with E-state index in [1.165, 1.54) is 16.7 Å². The zero-order valence-electron chi connectivity index (χ0n) is 21.3. The molecule has 2 unspecified atom stereocenters. The van der Waals surface area contributed by atoms with Crippen LogP contribution in [0.15, 0.2) is 10.6 Å². The maximum absolute atomic E-state index is 16.1. The molecule has 5 amide bonds. The molecule has 0 radical (unpaired) electrons. The number of amides is 5. The maximum Gasteiger partial charge on any atom is 0.327 e. The smallest absolute Gasteiger partial charge is 0.327 e. The SMILES string of the molecule is CSC(CF)CN(C=O)c1noc2c(F)c3c(cc12)CC(C)(C(=O)NC(=O)NC=O)[C@H]1[C@H](C)O[C@H](C)CN31. The molecule has 3 heterocycles. The van der Waals surface area contributed by atoms with E-state index in [4.69, 9.17) is 9.26 Å². The predicted octanol–water partition coefficient (Wildman–Crippen LogP) is 2.16. The first-order chi connectivity index (χ1) is 18.1. The van der Waals surface area contributed by atoms with Gasteiger partial charge < -0.3 is 14.2 Å². The van der Waals surface area contributed by atoms with E-state index in [9.17, 15) is 23.6 Å². The lowest BCUT2D eigenvalue weighted by Crippen LogP contribution is -2.67. The molecule has 2 aliphatic rings. The normalized spacial score (nSPS) is 25.2. The van der Waals surface area contributed by atoms with Crippen LogP contribution in [0.4, 0.5) is 25.1 Å². The van der Waals surface area contributed by atoms with Gasteiger partial charge in [-0.15, -0.1) is 0 Å². The number of imide groups is 2. The Labute approximate surface area is 221 Å². The van der Waals surface area contributed by atoms with Gasteiger partial charge in [-0.2, -0.15) is 11.8 Å². The van der Waals surface area contributed by atoms with Crippen molar-refractivity contribution in [1.82, 2.24) is 15.8 Å². The van der Waals surface area contributed by atoms with Crippen LogP contribution in [0.25, 0.3) is 11.0 Å². The van der Waals surface area contributed by atoms with Crippen molar-refractivity contribution in [2.24, 2.45) is 5.41 Å². The second-order valence-corrected chi connectivity index (χ2v) is 10.9. The Hall–Kier alpha value is -3.26. The average Bonchev–Trinajstić information content (AvgIpc) is 3.28. The number of anilines is 2. The standard InChI is InChI=1S/C24H29F2N5O6S/c1-12-8-31-18-14(6-24(3,20(31)13(2)36-12)22(34)28-23(35)27-10-32)5-16-19(17(18)26)37-29-21(16)30(11-33)9-15(7-25)38-4/h5,10-13,15,20H,6-9H2,1-4H3,(H2,27,28,32,34,35)/t12-,13+,15?,20-,24?/m1/s1. The molecule has 2 N–H and O–H groups in total.